The van der Waals surface area contributed by atoms with Gasteiger partial charge in [-0.05, 0) is 63.3 Å². The van der Waals surface area contributed by atoms with Gasteiger partial charge >= 0.3 is 0 Å². The third-order valence-electron chi connectivity index (χ3n) is 4.61. The highest BCUT2D eigenvalue weighted by Gasteiger charge is 2.39. The van der Waals surface area contributed by atoms with Crippen molar-refractivity contribution in [1.29, 1.82) is 0 Å². The molecule has 0 saturated carbocycles. The molecule has 1 aromatic carbocycles. The van der Waals surface area contributed by atoms with Crippen LogP contribution in [0.15, 0.2) is 23.1 Å². The molecule has 0 aromatic heterocycles. The largest absolute Gasteiger partial charge is 0.362 e. The molecule has 126 valence electrons. The summed E-state index contributed by atoms with van der Waals surface area (Å²) in [4.78, 5) is 14.9. The Morgan fingerprint density at radius 1 is 1.35 bits per heavy atom. The van der Waals surface area contributed by atoms with Crippen LogP contribution in [0.1, 0.15) is 38.7 Å². The molecule has 1 saturated heterocycles. The van der Waals surface area contributed by atoms with Crippen molar-refractivity contribution in [2.45, 2.75) is 56.1 Å². The third kappa shape index (κ3) is 3.28. The molecule has 1 unspecified atom stereocenters. The molecule has 0 aliphatic carbocycles. The molecule has 6 heteroatoms. The summed E-state index contributed by atoms with van der Waals surface area (Å²) in [5.74, 6) is -0.0105. The predicted octanol–water partition coefficient (Wildman–Crippen LogP) is 2.33. The van der Waals surface area contributed by atoms with Gasteiger partial charge in [0.15, 0.2) is 9.84 Å². The van der Waals surface area contributed by atoms with Gasteiger partial charge in [-0.2, -0.15) is 0 Å². The van der Waals surface area contributed by atoms with Gasteiger partial charge in [0.05, 0.1) is 10.5 Å². The van der Waals surface area contributed by atoms with E-state index < -0.39 is 15.9 Å². The lowest BCUT2D eigenvalue weighted by Crippen LogP contribution is -2.42. The van der Waals surface area contributed by atoms with Crippen LogP contribution >= 0.6 is 0 Å². The lowest BCUT2D eigenvalue weighted by molar-refractivity contribution is -0.132. The van der Waals surface area contributed by atoms with Crippen molar-refractivity contribution >= 4 is 21.4 Å². The van der Waals surface area contributed by atoms with E-state index in [0.717, 1.165) is 36.9 Å². The molecule has 2 heterocycles. The van der Waals surface area contributed by atoms with Gasteiger partial charge in [0, 0.05) is 18.5 Å². The topological polar surface area (TPSA) is 63.7 Å². The summed E-state index contributed by atoms with van der Waals surface area (Å²) in [5.41, 5.74) is 1.49. The maximum absolute atomic E-state index is 12.8. The van der Waals surface area contributed by atoms with Crippen molar-refractivity contribution in [3.8, 4) is 0 Å². The van der Waals surface area contributed by atoms with E-state index in [9.17, 15) is 13.2 Å². The second-order valence-corrected chi connectivity index (χ2v) is 9.08. The van der Waals surface area contributed by atoms with Crippen molar-refractivity contribution in [2.24, 2.45) is 0 Å². The maximum atomic E-state index is 12.8. The molecule has 2 aliphatic rings. The molecule has 0 radical (unpaired) electrons. The van der Waals surface area contributed by atoms with Gasteiger partial charge in [-0.25, -0.2) is 8.42 Å². The molecule has 1 fully saturated rings. The summed E-state index contributed by atoms with van der Waals surface area (Å²) >= 11 is 0. The highest BCUT2D eigenvalue weighted by molar-refractivity contribution is 7.90. The van der Waals surface area contributed by atoms with Crippen LogP contribution < -0.4 is 4.90 Å². The third-order valence-corrected chi connectivity index (χ3v) is 5.72. The van der Waals surface area contributed by atoms with Crippen molar-refractivity contribution < 1.29 is 17.9 Å². The first-order valence-electron chi connectivity index (χ1n) is 8.00. The van der Waals surface area contributed by atoms with E-state index in [4.69, 9.17) is 4.74 Å². The van der Waals surface area contributed by atoms with Crippen LogP contribution in [0, 0.1) is 0 Å². The number of rotatable bonds is 2. The molecule has 1 atom stereocenters. The minimum absolute atomic E-state index is 0.0105. The van der Waals surface area contributed by atoms with E-state index >= 15 is 0 Å². The van der Waals surface area contributed by atoms with Gasteiger partial charge in [0.2, 0.25) is 0 Å². The molecule has 0 N–H and O–H groups in total. The number of fused-ring (bicyclic) bond motifs is 1. The molecule has 0 bridgehead atoms. The number of aryl methyl sites for hydroxylation is 1. The minimum Gasteiger partial charge on any atom is -0.362 e. The monoisotopic (exact) mass is 337 g/mol. The molecule has 1 amide bonds. The van der Waals surface area contributed by atoms with Crippen LogP contribution in [0.4, 0.5) is 5.69 Å². The summed E-state index contributed by atoms with van der Waals surface area (Å²) in [5, 5.41) is 0. The van der Waals surface area contributed by atoms with Crippen LogP contribution in [0.3, 0.4) is 0 Å². The molecule has 2 aliphatic heterocycles. The van der Waals surface area contributed by atoms with Crippen molar-refractivity contribution in [1.82, 2.24) is 0 Å². The van der Waals surface area contributed by atoms with E-state index in [0.29, 0.717) is 11.4 Å². The summed E-state index contributed by atoms with van der Waals surface area (Å²) in [6.45, 7) is 4.66. The fraction of sp³-hybridized carbons (Fsp3) is 0.588. The van der Waals surface area contributed by atoms with Crippen LogP contribution in [-0.4, -0.2) is 38.8 Å². The second-order valence-electron chi connectivity index (χ2n) is 7.06. The molecule has 0 spiro atoms. The number of benzene rings is 1. The first kappa shape index (κ1) is 16.5. The molecule has 3 rings (SSSR count). The van der Waals surface area contributed by atoms with E-state index in [-0.39, 0.29) is 11.5 Å². The van der Waals surface area contributed by atoms with Crippen LogP contribution in [0.5, 0.6) is 0 Å². The normalized spacial score (nSPS) is 23.6. The van der Waals surface area contributed by atoms with Gasteiger partial charge in [0.25, 0.3) is 5.91 Å². The Morgan fingerprint density at radius 3 is 2.70 bits per heavy atom. The molecular weight excluding hydrogens is 314 g/mol. The standard InChI is InChI=1S/C17H23NO4S/c1-17(2)9-8-15(22-17)16(19)18-10-4-5-12-11-13(23(3,20)21)6-7-14(12)18/h6-7,11,15H,4-5,8-10H2,1-3H3. The molecule has 1 aromatic rings. The fourth-order valence-corrected chi connectivity index (χ4v) is 4.03. The van der Waals surface area contributed by atoms with Crippen molar-refractivity contribution in [3.63, 3.8) is 0 Å². The van der Waals surface area contributed by atoms with Crippen LogP contribution in [-0.2, 0) is 25.8 Å². The number of hydrogen-bond acceptors (Lipinski definition) is 4. The minimum atomic E-state index is -3.23. The predicted molar refractivity (Wildman–Crippen MR) is 88.4 cm³/mol. The SMILES string of the molecule is CC1(C)CCC(C(=O)N2CCCc3cc(S(C)(=O)=O)ccc32)O1. The number of anilines is 1. The summed E-state index contributed by atoms with van der Waals surface area (Å²) in [6, 6.07) is 5.03. The Kier molecular flexibility index (Phi) is 4.01. The summed E-state index contributed by atoms with van der Waals surface area (Å²) in [6.07, 6.45) is 4.04. The Morgan fingerprint density at radius 2 is 2.09 bits per heavy atom. The van der Waals surface area contributed by atoms with Gasteiger partial charge in [-0.3, -0.25) is 4.79 Å². The maximum Gasteiger partial charge on any atom is 0.256 e. The molecular formula is C17H23NO4S. The quantitative estimate of drug-likeness (QED) is 0.831. The van der Waals surface area contributed by atoms with Crippen molar-refractivity contribution in [2.75, 3.05) is 17.7 Å². The number of carbonyl (C=O) groups excluding carboxylic acids is 1. The number of nitrogens with zero attached hydrogens (tertiary/aromatic N) is 1. The Balaban J connectivity index is 1.89. The highest BCUT2D eigenvalue weighted by atomic mass is 32.2. The summed E-state index contributed by atoms with van der Waals surface area (Å²) in [7, 11) is -3.23. The zero-order chi connectivity index (χ0) is 16.8. The van der Waals surface area contributed by atoms with E-state index in [2.05, 4.69) is 0 Å². The molecule has 5 nitrogen and oxygen atoms in total. The van der Waals surface area contributed by atoms with Gasteiger partial charge in [0.1, 0.15) is 6.10 Å². The first-order chi connectivity index (χ1) is 10.7. The lowest BCUT2D eigenvalue weighted by atomic mass is 10.0. The average Bonchev–Trinajstić information content (AvgIpc) is 2.84. The number of sulfone groups is 1. The number of ether oxygens (including phenoxy) is 1. The van der Waals surface area contributed by atoms with E-state index in [1.165, 1.54) is 6.26 Å². The zero-order valence-electron chi connectivity index (χ0n) is 13.8. The van der Waals surface area contributed by atoms with Gasteiger partial charge in [-0.1, -0.05) is 0 Å². The molecule has 23 heavy (non-hydrogen) atoms. The van der Waals surface area contributed by atoms with Crippen LogP contribution in [0.2, 0.25) is 0 Å². The van der Waals surface area contributed by atoms with Gasteiger partial charge < -0.3 is 9.64 Å². The Bertz CT molecular complexity index is 739. The average molecular weight is 337 g/mol. The number of amides is 1. The number of carbonyl (C=O) groups is 1. The Hall–Kier alpha value is -1.40. The fourth-order valence-electron chi connectivity index (χ4n) is 3.36. The highest BCUT2D eigenvalue weighted by Crippen LogP contribution is 2.34. The smallest absolute Gasteiger partial charge is 0.256 e. The van der Waals surface area contributed by atoms with E-state index in [1.54, 1.807) is 23.1 Å². The number of hydrogen-bond donors (Lipinski definition) is 0. The Labute approximate surface area is 137 Å². The van der Waals surface area contributed by atoms with Crippen molar-refractivity contribution in [3.05, 3.63) is 23.8 Å². The second kappa shape index (κ2) is 5.60. The lowest BCUT2D eigenvalue weighted by Gasteiger charge is -2.32. The van der Waals surface area contributed by atoms with Crippen LogP contribution in [0.25, 0.3) is 0 Å². The van der Waals surface area contributed by atoms with E-state index in [1.807, 2.05) is 13.8 Å². The van der Waals surface area contributed by atoms with Gasteiger partial charge in [-0.15, -0.1) is 0 Å². The first-order valence-corrected chi connectivity index (χ1v) is 9.89. The zero-order valence-corrected chi connectivity index (χ0v) is 14.6. The summed E-state index contributed by atoms with van der Waals surface area (Å²) < 4.78 is 29.3.